The van der Waals surface area contributed by atoms with Crippen molar-refractivity contribution >= 4 is 28.5 Å². The van der Waals surface area contributed by atoms with E-state index in [1.165, 1.54) is 6.92 Å². The molecular formula is C19H19ClN2O3. The van der Waals surface area contributed by atoms with Gasteiger partial charge in [0.05, 0.1) is 11.2 Å². The normalized spacial score (nSPS) is 13.6. The Bertz CT molecular complexity index is 892. The highest BCUT2D eigenvalue weighted by Crippen LogP contribution is 2.30. The zero-order valence-electron chi connectivity index (χ0n) is 14.3. The van der Waals surface area contributed by atoms with Gasteiger partial charge in [0, 0.05) is 29.7 Å². The molecule has 2 heterocycles. The number of esters is 1. The molecular weight excluding hydrogens is 340 g/mol. The number of carbonyl (C=O) groups is 1. The van der Waals surface area contributed by atoms with Gasteiger partial charge in [-0.2, -0.15) is 0 Å². The van der Waals surface area contributed by atoms with Gasteiger partial charge in [0.15, 0.2) is 6.23 Å². The smallest absolute Gasteiger partial charge is 0.304 e. The summed E-state index contributed by atoms with van der Waals surface area (Å²) in [4.78, 5) is 15.6. The van der Waals surface area contributed by atoms with Crippen LogP contribution >= 0.6 is 11.6 Å². The average molecular weight is 359 g/mol. The van der Waals surface area contributed by atoms with Crippen LogP contribution in [0.2, 0.25) is 5.02 Å². The van der Waals surface area contributed by atoms with Crippen LogP contribution in [0.15, 0.2) is 48.8 Å². The van der Waals surface area contributed by atoms with Gasteiger partial charge in [-0.05, 0) is 49.7 Å². The van der Waals surface area contributed by atoms with Gasteiger partial charge in [-0.25, -0.2) is 0 Å². The molecule has 0 spiro atoms. The first kappa shape index (κ1) is 17.5. The number of pyridine rings is 1. The molecule has 130 valence electrons. The Balaban J connectivity index is 2.07. The summed E-state index contributed by atoms with van der Waals surface area (Å²) in [5.41, 5.74) is 2.75. The molecule has 25 heavy (non-hydrogen) atoms. The van der Waals surface area contributed by atoms with E-state index in [2.05, 4.69) is 4.98 Å². The highest BCUT2D eigenvalue weighted by Gasteiger charge is 2.22. The van der Waals surface area contributed by atoms with Gasteiger partial charge in [-0.15, -0.1) is 0 Å². The number of fused-ring (bicyclic) bond motifs is 1. The summed E-state index contributed by atoms with van der Waals surface area (Å²) in [5, 5.41) is 1.72. The lowest BCUT2D eigenvalue weighted by atomic mass is 10.2. The average Bonchev–Trinajstić information content (AvgIpc) is 2.89. The monoisotopic (exact) mass is 358 g/mol. The fourth-order valence-electron chi connectivity index (χ4n) is 2.83. The quantitative estimate of drug-likeness (QED) is 0.498. The molecule has 0 saturated heterocycles. The fourth-order valence-corrected chi connectivity index (χ4v) is 3.01. The van der Waals surface area contributed by atoms with Gasteiger partial charge in [0.25, 0.3) is 0 Å². The van der Waals surface area contributed by atoms with Crippen molar-refractivity contribution in [3.8, 4) is 0 Å². The molecule has 3 aromatic rings. The first-order valence-corrected chi connectivity index (χ1v) is 8.34. The van der Waals surface area contributed by atoms with Crippen molar-refractivity contribution in [1.29, 1.82) is 0 Å². The molecule has 0 amide bonds. The molecule has 0 fully saturated rings. The van der Waals surface area contributed by atoms with Crippen LogP contribution in [0.3, 0.4) is 0 Å². The maximum Gasteiger partial charge on any atom is 0.304 e. The van der Waals surface area contributed by atoms with Crippen molar-refractivity contribution in [2.45, 2.75) is 33.3 Å². The lowest BCUT2D eigenvalue weighted by molar-refractivity contribution is -0.186. The first-order valence-electron chi connectivity index (χ1n) is 7.96. The lowest BCUT2D eigenvalue weighted by Crippen LogP contribution is -2.24. The van der Waals surface area contributed by atoms with E-state index in [4.69, 9.17) is 21.1 Å². The van der Waals surface area contributed by atoms with Crippen molar-refractivity contribution in [3.05, 3.63) is 65.1 Å². The van der Waals surface area contributed by atoms with Crippen LogP contribution < -0.4 is 0 Å². The van der Waals surface area contributed by atoms with Gasteiger partial charge >= 0.3 is 5.97 Å². The molecule has 6 heteroatoms. The molecule has 0 saturated carbocycles. The van der Waals surface area contributed by atoms with Gasteiger partial charge in [-0.1, -0.05) is 17.7 Å². The van der Waals surface area contributed by atoms with E-state index < -0.39 is 18.5 Å². The minimum Gasteiger partial charge on any atom is -0.436 e. The summed E-state index contributed by atoms with van der Waals surface area (Å²) in [5.74, 6) is -0.396. The summed E-state index contributed by atoms with van der Waals surface area (Å²) in [6, 6.07) is 11.3. The van der Waals surface area contributed by atoms with Crippen molar-refractivity contribution in [2.24, 2.45) is 0 Å². The topological polar surface area (TPSA) is 53.4 Å². The summed E-state index contributed by atoms with van der Waals surface area (Å²) >= 11 is 6.13. The Morgan fingerprint density at radius 3 is 2.76 bits per heavy atom. The van der Waals surface area contributed by atoms with Crippen LogP contribution in [0, 0.1) is 6.92 Å². The molecule has 0 N–H and O–H groups in total. The maximum absolute atomic E-state index is 11.2. The second-order valence-corrected chi connectivity index (χ2v) is 6.24. The molecule has 0 aliphatic rings. The van der Waals surface area contributed by atoms with E-state index in [0.29, 0.717) is 10.7 Å². The minimum absolute atomic E-state index is 0.396. The number of ether oxygens (including phenoxy) is 2. The van der Waals surface area contributed by atoms with E-state index >= 15 is 0 Å². The van der Waals surface area contributed by atoms with Crippen LogP contribution in [0.4, 0.5) is 0 Å². The zero-order valence-corrected chi connectivity index (χ0v) is 15.0. The number of hydrogen-bond donors (Lipinski definition) is 0. The molecule has 2 unspecified atom stereocenters. The Morgan fingerprint density at radius 1 is 1.28 bits per heavy atom. The molecule has 0 radical (unpaired) electrons. The zero-order chi connectivity index (χ0) is 18.0. The van der Waals surface area contributed by atoms with Gasteiger partial charge in [0.1, 0.15) is 0 Å². The van der Waals surface area contributed by atoms with E-state index in [-0.39, 0.29) is 0 Å². The third-order valence-corrected chi connectivity index (χ3v) is 4.08. The summed E-state index contributed by atoms with van der Waals surface area (Å²) < 4.78 is 13.1. The molecule has 0 aliphatic heterocycles. The number of halogens is 1. The number of hydrogen-bond acceptors (Lipinski definition) is 4. The fraction of sp³-hybridized carbons (Fsp3) is 0.263. The highest BCUT2D eigenvalue weighted by atomic mass is 35.5. The van der Waals surface area contributed by atoms with Crippen molar-refractivity contribution in [3.63, 3.8) is 0 Å². The maximum atomic E-state index is 11.2. The third kappa shape index (κ3) is 3.83. The molecule has 2 aromatic heterocycles. The number of nitrogens with zero attached hydrogens (tertiary/aromatic N) is 2. The Labute approximate surface area is 151 Å². The Morgan fingerprint density at radius 2 is 2.08 bits per heavy atom. The number of aromatic nitrogens is 2. The standard InChI is InChI=1S/C19H19ClN2O3/c1-12-11-22(18-8-7-15(20)10-16(12)18)19(17-6-4-5-9-21-17)25-14(3)24-13(2)23/h4-11,14,19H,1-3H3. The van der Waals surface area contributed by atoms with E-state index in [9.17, 15) is 4.79 Å². The van der Waals surface area contributed by atoms with Crippen molar-refractivity contribution in [2.75, 3.05) is 0 Å². The number of aryl methyl sites for hydroxylation is 1. The molecule has 5 nitrogen and oxygen atoms in total. The first-order chi connectivity index (χ1) is 12.0. The number of rotatable bonds is 5. The van der Waals surface area contributed by atoms with E-state index in [0.717, 1.165) is 16.5 Å². The van der Waals surface area contributed by atoms with Gasteiger partial charge in [0.2, 0.25) is 6.29 Å². The second-order valence-electron chi connectivity index (χ2n) is 5.80. The Kier molecular flexibility index (Phi) is 5.06. The van der Waals surface area contributed by atoms with Gasteiger partial charge < -0.3 is 14.0 Å². The van der Waals surface area contributed by atoms with Crippen molar-refractivity contribution in [1.82, 2.24) is 9.55 Å². The van der Waals surface area contributed by atoms with Crippen LogP contribution in [0.25, 0.3) is 10.9 Å². The summed E-state index contributed by atoms with van der Waals surface area (Å²) in [6.07, 6.45) is 2.45. The van der Waals surface area contributed by atoms with Crippen LogP contribution in [-0.2, 0) is 14.3 Å². The molecule has 2 atom stereocenters. The number of benzene rings is 1. The highest BCUT2D eigenvalue weighted by molar-refractivity contribution is 6.31. The van der Waals surface area contributed by atoms with Crippen LogP contribution in [0.1, 0.15) is 31.3 Å². The SMILES string of the molecule is CC(=O)OC(C)OC(c1ccccn1)n1cc(C)c2cc(Cl)ccc21. The third-order valence-electron chi connectivity index (χ3n) is 3.84. The van der Waals surface area contributed by atoms with Crippen molar-refractivity contribution < 1.29 is 14.3 Å². The minimum atomic E-state index is -0.713. The van der Waals surface area contributed by atoms with Gasteiger partial charge in [-0.3, -0.25) is 9.78 Å². The number of carbonyl (C=O) groups excluding carboxylic acids is 1. The second kappa shape index (κ2) is 7.25. The van der Waals surface area contributed by atoms with Crippen LogP contribution in [-0.4, -0.2) is 21.8 Å². The predicted octanol–water partition coefficient (Wildman–Crippen LogP) is 4.47. The molecule has 0 bridgehead atoms. The summed E-state index contributed by atoms with van der Waals surface area (Å²) in [7, 11) is 0. The Hall–Kier alpha value is -2.37. The molecule has 1 aromatic carbocycles. The molecule has 0 aliphatic carbocycles. The van der Waals surface area contributed by atoms with E-state index in [1.54, 1.807) is 13.1 Å². The van der Waals surface area contributed by atoms with Crippen LogP contribution in [0.5, 0.6) is 0 Å². The molecule has 3 rings (SSSR count). The lowest BCUT2D eigenvalue weighted by Gasteiger charge is -2.24. The van der Waals surface area contributed by atoms with E-state index in [1.807, 2.05) is 54.1 Å². The summed E-state index contributed by atoms with van der Waals surface area (Å²) in [6.45, 7) is 5.06. The predicted molar refractivity (Wildman–Crippen MR) is 96.4 cm³/mol. The largest absolute Gasteiger partial charge is 0.436 e.